The zero-order chi connectivity index (χ0) is 16.6. The number of aryl methyl sites for hydroxylation is 1. The van der Waals surface area contributed by atoms with Crippen LogP contribution in [0.25, 0.3) is 0 Å². The number of nitrogens with one attached hydrogen (secondary N) is 1. The van der Waals surface area contributed by atoms with Gasteiger partial charge < -0.3 is 0 Å². The Balaban J connectivity index is 1.68. The van der Waals surface area contributed by atoms with Crippen molar-refractivity contribution in [2.45, 2.75) is 25.4 Å². The van der Waals surface area contributed by atoms with Gasteiger partial charge in [0, 0.05) is 17.8 Å². The van der Waals surface area contributed by atoms with Crippen LogP contribution >= 0.6 is 0 Å². The normalized spacial score (nSPS) is 20.2. The summed E-state index contributed by atoms with van der Waals surface area (Å²) in [5.74, 6) is -0.590. The average Bonchev–Trinajstić information content (AvgIpc) is 3.27. The minimum atomic E-state index is -4.38. The van der Waals surface area contributed by atoms with Crippen LogP contribution in [-0.2, 0) is 11.0 Å². The molecule has 0 saturated heterocycles. The van der Waals surface area contributed by atoms with Crippen molar-refractivity contribution in [2.75, 3.05) is 5.32 Å². The van der Waals surface area contributed by atoms with Crippen LogP contribution in [0, 0.1) is 12.8 Å². The van der Waals surface area contributed by atoms with Gasteiger partial charge in [-0.3, -0.25) is 10.1 Å². The fraction of sp³-hybridized carbons (Fsp3) is 0.312. The summed E-state index contributed by atoms with van der Waals surface area (Å²) in [5, 5.41) is 2.61. The molecule has 2 aromatic rings. The zero-order valence-corrected chi connectivity index (χ0v) is 12.3. The van der Waals surface area contributed by atoms with Crippen LogP contribution in [0.15, 0.2) is 36.5 Å². The van der Waals surface area contributed by atoms with Gasteiger partial charge in [0.15, 0.2) is 0 Å². The summed E-state index contributed by atoms with van der Waals surface area (Å²) in [7, 11) is 0. The molecule has 23 heavy (non-hydrogen) atoms. The summed E-state index contributed by atoms with van der Waals surface area (Å²) in [6.07, 6.45) is -2.31. The molecule has 0 bridgehead atoms. The molecule has 1 aliphatic rings. The van der Waals surface area contributed by atoms with Gasteiger partial charge in [0.1, 0.15) is 0 Å². The van der Waals surface area contributed by atoms with E-state index in [1.807, 2.05) is 0 Å². The minimum absolute atomic E-state index is 0.192. The molecule has 3 rings (SSSR count). The third-order valence-corrected chi connectivity index (χ3v) is 3.80. The number of carbonyl (C=O) groups is 1. The van der Waals surface area contributed by atoms with Crippen LogP contribution in [0.3, 0.4) is 0 Å². The first-order chi connectivity index (χ1) is 10.8. The van der Waals surface area contributed by atoms with Gasteiger partial charge in [0.25, 0.3) is 0 Å². The van der Waals surface area contributed by atoms with E-state index in [4.69, 9.17) is 0 Å². The Bertz CT molecular complexity index is 745. The molecule has 0 radical (unpaired) electrons. The molecular formula is C16H14F3N3O. The Labute approximate surface area is 130 Å². The smallest absolute Gasteiger partial charge is 0.294 e. The maximum absolute atomic E-state index is 12.7. The second-order valence-electron chi connectivity index (χ2n) is 5.58. The molecule has 120 valence electrons. The molecule has 1 aliphatic carbocycles. The number of rotatable bonds is 3. The van der Waals surface area contributed by atoms with Crippen LogP contribution in [0.5, 0.6) is 0 Å². The number of aromatic nitrogens is 2. The second-order valence-corrected chi connectivity index (χ2v) is 5.58. The molecule has 0 unspecified atom stereocenters. The van der Waals surface area contributed by atoms with Crippen LogP contribution < -0.4 is 5.32 Å². The fourth-order valence-electron chi connectivity index (χ4n) is 2.51. The Kier molecular flexibility index (Phi) is 3.79. The summed E-state index contributed by atoms with van der Waals surface area (Å²) in [5.41, 5.74) is 0.564. The quantitative estimate of drug-likeness (QED) is 0.940. The number of halogens is 3. The summed E-state index contributed by atoms with van der Waals surface area (Å²) < 4.78 is 38.2. The molecule has 1 aromatic carbocycles. The minimum Gasteiger partial charge on any atom is -0.294 e. The molecule has 1 heterocycles. The van der Waals surface area contributed by atoms with Gasteiger partial charge in [0.2, 0.25) is 11.9 Å². The number of benzene rings is 1. The van der Waals surface area contributed by atoms with Crippen molar-refractivity contribution in [1.29, 1.82) is 0 Å². The molecule has 4 nitrogen and oxygen atoms in total. The van der Waals surface area contributed by atoms with E-state index < -0.39 is 11.7 Å². The first-order valence-electron chi connectivity index (χ1n) is 7.12. The number of hydrogen-bond donors (Lipinski definition) is 1. The van der Waals surface area contributed by atoms with Gasteiger partial charge in [-0.1, -0.05) is 18.2 Å². The van der Waals surface area contributed by atoms with Gasteiger partial charge in [-0.2, -0.15) is 13.2 Å². The molecule has 7 heteroatoms. The summed E-state index contributed by atoms with van der Waals surface area (Å²) in [6.45, 7) is 1.78. The van der Waals surface area contributed by atoms with Crippen LogP contribution in [0.2, 0.25) is 0 Å². The Morgan fingerprint density at radius 1 is 1.30 bits per heavy atom. The molecule has 1 saturated carbocycles. The highest BCUT2D eigenvalue weighted by atomic mass is 19.4. The molecular weight excluding hydrogens is 307 g/mol. The number of amides is 1. The average molecular weight is 321 g/mol. The second kappa shape index (κ2) is 5.64. The van der Waals surface area contributed by atoms with Crippen molar-refractivity contribution in [3.8, 4) is 0 Å². The molecule has 0 spiro atoms. The van der Waals surface area contributed by atoms with Crippen molar-refractivity contribution in [2.24, 2.45) is 5.92 Å². The molecule has 2 atom stereocenters. The van der Waals surface area contributed by atoms with E-state index in [0.717, 1.165) is 17.8 Å². The first kappa shape index (κ1) is 15.5. The molecule has 1 aromatic heterocycles. The van der Waals surface area contributed by atoms with E-state index in [2.05, 4.69) is 15.3 Å². The van der Waals surface area contributed by atoms with Crippen LogP contribution in [-0.4, -0.2) is 15.9 Å². The van der Waals surface area contributed by atoms with Crippen molar-refractivity contribution in [3.05, 3.63) is 53.3 Å². The Morgan fingerprint density at radius 2 is 2.09 bits per heavy atom. The van der Waals surface area contributed by atoms with Crippen molar-refractivity contribution in [1.82, 2.24) is 9.97 Å². The largest absolute Gasteiger partial charge is 0.416 e. The van der Waals surface area contributed by atoms with E-state index in [9.17, 15) is 18.0 Å². The number of anilines is 1. The third-order valence-electron chi connectivity index (χ3n) is 3.80. The third kappa shape index (κ3) is 3.49. The number of hydrogen-bond acceptors (Lipinski definition) is 3. The first-order valence-corrected chi connectivity index (χ1v) is 7.12. The SMILES string of the molecule is Cc1ccnc(NC(=O)[C@H]2C[C@H]2c2cccc(C(F)(F)F)c2)n1. The number of alkyl halides is 3. The monoisotopic (exact) mass is 321 g/mol. The van der Waals surface area contributed by atoms with E-state index in [1.54, 1.807) is 19.1 Å². The highest BCUT2D eigenvalue weighted by Gasteiger charge is 2.45. The zero-order valence-electron chi connectivity index (χ0n) is 12.3. The summed E-state index contributed by atoms with van der Waals surface area (Å²) in [6, 6.07) is 6.84. The van der Waals surface area contributed by atoms with E-state index >= 15 is 0 Å². The number of nitrogens with zero attached hydrogens (tertiary/aromatic N) is 2. The van der Waals surface area contributed by atoms with Crippen molar-refractivity contribution in [3.63, 3.8) is 0 Å². The number of carbonyl (C=O) groups excluding carboxylic acids is 1. The van der Waals surface area contributed by atoms with Crippen molar-refractivity contribution < 1.29 is 18.0 Å². The molecule has 0 aliphatic heterocycles. The van der Waals surface area contributed by atoms with Crippen LogP contribution in [0.4, 0.5) is 19.1 Å². The van der Waals surface area contributed by atoms with E-state index in [0.29, 0.717) is 12.0 Å². The summed E-state index contributed by atoms with van der Waals surface area (Å²) in [4.78, 5) is 20.2. The lowest BCUT2D eigenvalue weighted by Gasteiger charge is -2.08. The van der Waals surface area contributed by atoms with Gasteiger partial charge in [-0.25, -0.2) is 9.97 Å². The lowest BCUT2D eigenvalue weighted by molar-refractivity contribution is -0.137. The maximum atomic E-state index is 12.7. The van der Waals surface area contributed by atoms with Gasteiger partial charge in [-0.15, -0.1) is 0 Å². The predicted molar refractivity (Wildman–Crippen MR) is 77.7 cm³/mol. The molecule has 1 N–H and O–H groups in total. The highest BCUT2D eigenvalue weighted by molar-refractivity contribution is 5.93. The predicted octanol–water partition coefficient (Wildman–Crippen LogP) is 3.55. The highest BCUT2D eigenvalue weighted by Crippen LogP contribution is 2.48. The molecule has 1 amide bonds. The van der Waals surface area contributed by atoms with Gasteiger partial charge in [-0.05, 0) is 37.0 Å². The lowest BCUT2D eigenvalue weighted by Crippen LogP contribution is -2.16. The topological polar surface area (TPSA) is 54.9 Å². The van der Waals surface area contributed by atoms with Crippen molar-refractivity contribution >= 4 is 11.9 Å². The summed E-state index contributed by atoms with van der Waals surface area (Å²) >= 11 is 0. The maximum Gasteiger partial charge on any atom is 0.416 e. The van der Waals surface area contributed by atoms with Crippen LogP contribution in [0.1, 0.15) is 29.2 Å². The molecule has 1 fully saturated rings. The van der Waals surface area contributed by atoms with Gasteiger partial charge >= 0.3 is 6.18 Å². The lowest BCUT2D eigenvalue weighted by atomic mass is 10.1. The fourth-order valence-corrected chi connectivity index (χ4v) is 2.51. The van der Waals surface area contributed by atoms with E-state index in [1.165, 1.54) is 12.3 Å². The Morgan fingerprint density at radius 3 is 2.78 bits per heavy atom. The standard InChI is InChI=1S/C16H14F3N3O/c1-9-5-6-20-15(21-9)22-14(23)13-8-12(13)10-3-2-4-11(7-10)16(17,18)19/h2-7,12-13H,8H2,1H3,(H,20,21,22,23)/t12-,13-/m0/s1. The Hall–Kier alpha value is -2.44. The van der Waals surface area contributed by atoms with E-state index in [-0.39, 0.29) is 23.7 Å². The van der Waals surface area contributed by atoms with Gasteiger partial charge in [0.05, 0.1) is 5.56 Å².